The fourth-order valence-corrected chi connectivity index (χ4v) is 6.09. The molecule has 0 spiro atoms. The zero-order valence-corrected chi connectivity index (χ0v) is 21.8. The van der Waals surface area contributed by atoms with Crippen molar-refractivity contribution in [2.24, 2.45) is 0 Å². The third kappa shape index (κ3) is 3.78. The Labute approximate surface area is 229 Å². The minimum absolute atomic E-state index is 0.943. The molecule has 0 N–H and O–H groups in total. The highest BCUT2D eigenvalue weighted by Crippen LogP contribution is 2.44. The first-order valence-electron chi connectivity index (χ1n) is 13.5. The summed E-state index contributed by atoms with van der Waals surface area (Å²) >= 11 is 0. The molecule has 0 radical (unpaired) electrons. The maximum absolute atomic E-state index is 6.20. The van der Waals surface area contributed by atoms with Crippen LogP contribution in [0.4, 0.5) is 0 Å². The summed E-state index contributed by atoms with van der Waals surface area (Å²) in [5.74, 6) is 1.08. The standard InChI is InChI=1S/C38H28O/c1-3-29-30(4-2)38(28-22-23-36-34(24-28)31-14-10-11-17-35(31)39-36)33-16-9-8-15-32(33)37(29)27-20-18-26(19-21-27)25-12-6-5-7-13-25/h3-10,12-16,18-24H,1-2,11,17H2. The van der Waals surface area contributed by atoms with E-state index in [4.69, 9.17) is 4.42 Å². The predicted molar refractivity (Wildman–Crippen MR) is 168 cm³/mol. The molecule has 7 rings (SSSR count). The fraction of sp³-hybridized carbons (Fsp3) is 0.0526. The lowest BCUT2D eigenvalue weighted by atomic mass is 9.83. The number of fused-ring (bicyclic) bond motifs is 4. The van der Waals surface area contributed by atoms with Gasteiger partial charge in [-0.25, -0.2) is 0 Å². The van der Waals surface area contributed by atoms with Crippen LogP contribution in [0.15, 0.2) is 121 Å². The van der Waals surface area contributed by atoms with Gasteiger partial charge < -0.3 is 4.42 Å². The Kier molecular flexibility index (Phi) is 5.64. The second kappa shape index (κ2) is 9.45. The highest BCUT2D eigenvalue weighted by Gasteiger charge is 2.21. The number of benzene rings is 5. The Balaban J connectivity index is 1.47. The molecule has 1 aliphatic carbocycles. The molecule has 1 heterocycles. The van der Waals surface area contributed by atoms with E-state index in [1.165, 1.54) is 49.5 Å². The van der Waals surface area contributed by atoms with E-state index in [9.17, 15) is 0 Å². The lowest BCUT2D eigenvalue weighted by Gasteiger charge is -2.20. The van der Waals surface area contributed by atoms with E-state index >= 15 is 0 Å². The number of furan rings is 1. The van der Waals surface area contributed by atoms with Crippen molar-refractivity contribution in [1.29, 1.82) is 0 Å². The highest BCUT2D eigenvalue weighted by molar-refractivity contribution is 6.12. The third-order valence-electron chi connectivity index (χ3n) is 7.90. The first kappa shape index (κ1) is 23.3. The average molecular weight is 501 g/mol. The molecule has 1 aromatic heterocycles. The predicted octanol–water partition coefficient (Wildman–Crippen LogP) is 10.8. The molecule has 0 bridgehead atoms. The molecule has 6 aromatic rings. The molecule has 0 atom stereocenters. The van der Waals surface area contributed by atoms with Crippen molar-refractivity contribution < 1.29 is 4.42 Å². The Hall–Kier alpha value is -4.88. The summed E-state index contributed by atoms with van der Waals surface area (Å²) in [5, 5.41) is 3.57. The summed E-state index contributed by atoms with van der Waals surface area (Å²) in [4.78, 5) is 0. The summed E-state index contributed by atoms with van der Waals surface area (Å²) in [6, 6.07) is 34.6. The highest BCUT2D eigenvalue weighted by atomic mass is 16.3. The van der Waals surface area contributed by atoms with Crippen LogP contribution in [0.2, 0.25) is 0 Å². The topological polar surface area (TPSA) is 13.1 Å². The number of hydrogen-bond donors (Lipinski definition) is 0. The van der Waals surface area contributed by atoms with Gasteiger partial charge in [0, 0.05) is 17.4 Å². The van der Waals surface area contributed by atoms with Crippen molar-refractivity contribution in [1.82, 2.24) is 0 Å². The van der Waals surface area contributed by atoms with Crippen LogP contribution in [0.25, 0.3) is 73.4 Å². The molecule has 0 unspecified atom stereocenters. The van der Waals surface area contributed by atoms with Gasteiger partial charge in [-0.05, 0) is 73.8 Å². The van der Waals surface area contributed by atoms with Gasteiger partial charge in [0.1, 0.15) is 11.3 Å². The van der Waals surface area contributed by atoms with Gasteiger partial charge in [0.15, 0.2) is 0 Å². The molecule has 1 nitrogen and oxygen atoms in total. The summed E-state index contributed by atoms with van der Waals surface area (Å²) in [5.41, 5.74) is 11.5. The van der Waals surface area contributed by atoms with Crippen LogP contribution < -0.4 is 0 Å². The zero-order chi connectivity index (χ0) is 26.3. The Morgan fingerprint density at radius 2 is 1.18 bits per heavy atom. The Morgan fingerprint density at radius 1 is 0.590 bits per heavy atom. The summed E-state index contributed by atoms with van der Waals surface area (Å²) in [6.07, 6.45) is 10.4. The third-order valence-corrected chi connectivity index (χ3v) is 7.90. The van der Waals surface area contributed by atoms with Gasteiger partial charge in [-0.15, -0.1) is 0 Å². The number of allylic oxidation sites excluding steroid dienone is 1. The molecule has 1 aliphatic rings. The molecule has 0 aliphatic heterocycles. The number of rotatable bonds is 5. The van der Waals surface area contributed by atoms with E-state index in [0.29, 0.717) is 0 Å². The van der Waals surface area contributed by atoms with Crippen LogP contribution in [0, 0.1) is 0 Å². The van der Waals surface area contributed by atoms with E-state index in [1.807, 2.05) is 12.2 Å². The molecule has 0 saturated carbocycles. The molecule has 0 amide bonds. The average Bonchev–Trinajstić information content (AvgIpc) is 3.38. The largest absolute Gasteiger partial charge is 0.460 e. The monoisotopic (exact) mass is 500 g/mol. The molecular weight excluding hydrogens is 472 g/mol. The minimum Gasteiger partial charge on any atom is -0.460 e. The maximum atomic E-state index is 6.20. The minimum atomic E-state index is 0.943. The van der Waals surface area contributed by atoms with Crippen molar-refractivity contribution >= 4 is 40.0 Å². The fourth-order valence-electron chi connectivity index (χ4n) is 6.09. The second-order valence-electron chi connectivity index (χ2n) is 10.1. The molecule has 186 valence electrons. The van der Waals surface area contributed by atoms with Crippen molar-refractivity contribution in [3.05, 3.63) is 139 Å². The lowest BCUT2D eigenvalue weighted by molar-refractivity contribution is 0.546. The lowest BCUT2D eigenvalue weighted by Crippen LogP contribution is -1.96. The van der Waals surface area contributed by atoms with E-state index in [1.54, 1.807) is 0 Å². The Morgan fingerprint density at radius 3 is 1.87 bits per heavy atom. The summed E-state index contributed by atoms with van der Waals surface area (Å²) < 4.78 is 6.20. The molecule has 39 heavy (non-hydrogen) atoms. The second-order valence-corrected chi connectivity index (χ2v) is 10.1. The van der Waals surface area contributed by atoms with Gasteiger partial charge in [0.25, 0.3) is 0 Å². The number of aryl methyl sites for hydroxylation is 1. The smallest absolute Gasteiger partial charge is 0.134 e. The van der Waals surface area contributed by atoms with Gasteiger partial charge in [-0.3, -0.25) is 0 Å². The Bertz CT molecular complexity index is 1910. The van der Waals surface area contributed by atoms with E-state index < -0.39 is 0 Å². The number of hydrogen-bond acceptors (Lipinski definition) is 1. The van der Waals surface area contributed by atoms with Crippen molar-refractivity contribution in [2.75, 3.05) is 0 Å². The van der Waals surface area contributed by atoms with Gasteiger partial charge in [-0.2, -0.15) is 0 Å². The van der Waals surface area contributed by atoms with E-state index in [-0.39, 0.29) is 0 Å². The SMILES string of the molecule is C=Cc1c(C=C)c(-c2ccc3oc4c(c3c2)C=CCC4)c2ccccc2c1-c1ccc(-c2ccccc2)cc1. The maximum Gasteiger partial charge on any atom is 0.134 e. The summed E-state index contributed by atoms with van der Waals surface area (Å²) in [6.45, 7) is 8.53. The molecular formula is C38H28O. The van der Waals surface area contributed by atoms with Crippen LogP contribution in [-0.4, -0.2) is 0 Å². The van der Waals surface area contributed by atoms with Crippen LogP contribution in [0.5, 0.6) is 0 Å². The quantitative estimate of drug-likeness (QED) is 0.229. The van der Waals surface area contributed by atoms with Gasteiger partial charge in [-0.1, -0.05) is 122 Å². The molecule has 5 aromatic carbocycles. The van der Waals surface area contributed by atoms with Crippen LogP contribution in [-0.2, 0) is 6.42 Å². The van der Waals surface area contributed by atoms with Crippen molar-refractivity contribution in [2.45, 2.75) is 12.8 Å². The normalized spacial score (nSPS) is 12.5. The first-order chi connectivity index (χ1) is 19.3. The van der Waals surface area contributed by atoms with Crippen molar-refractivity contribution in [3.63, 3.8) is 0 Å². The molecule has 1 heteroatoms. The van der Waals surface area contributed by atoms with E-state index in [2.05, 4.69) is 122 Å². The molecule has 0 saturated heterocycles. The summed E-state index contributed by atoms with van der Waals surface area (Å²) in [7, 11) is 0. The van der Waals surface area contributed by atoms with Gasteiger partial charge in [0.05, 0.1) is 0 Å². The first-order valence-corrected chi connectivity index (χ1v) is 13.5. The van der Waals surface area contributed by atoms with Gasteiger partial charge >= 0.3 is 0 Å². The van der Waals surface area contributed by atoms with Crippen LogP contribution in [0.3, 0.4) is 0 Å². The van der Waals surface area contributed by atoms with E-state index in [0.717, 1.165) is 40.9 Å². The van der Waals surface area contributed by atoms with Crippen LogP contribution >= 0.6 is 0 Å². The van der Waals surface area contributed by atoms with Crippen molar-refractivity contribution in [3.8, 4) is 33.4 Å². The zero-order valence-electron chi connectivity index (χ0n) is 21.8. The van der Waals surface area contributed by atoms with Crippen LogP contribution in [0.1, 0.15) is 28.9 Å². The molecule has 0 fully saturated rings. The van der Waals surface area contributed by atoms with Gasteiger partial charge in [0.2, 0.25) is 0 Å².